The summed E-state index contributed by atoms with van der Waals surface area (Å²) in [6.07, 6.45) is 1.92. The molecule has 0 saturated heterocycles. The molecule has 2 aromatic rings. The first-order valence-corrected chi connectivity index (χ1v) is 7.02. The summed E-state index contributed by atoms with van der Waals surface area (Å²) in [5, 5.41) is 12.1. The Labute approximate surface area is 123 Å². The van der Waals surface area contributed by atoms with E-state index >= 15 is 0 Å². The number of ether oxygens (including phenoxy) is 1. The van der Waals surface area contributed by atoms with Crippen molar-refractivity contribution in [2.45, 2.75) is 33.0 Å². The van der Waals surface area contributed by atoms with Gasteiger partial charge in [0.2, 0.25) is 0 Å². The molecule has 0 fully saturated rings. The first-order valence-electron chi connectivity index (χ1n) is 6.65. The number of para-hydroxylation sites is 1. The molecule has 0 amide bonds. The van der Waals surface area contributed by atoms with Crippen molar-refractivity contribution in [1.82, 2.24) is 20.3 Å². The predicted octanol–water partition coefficient (Wildman–Crippen LogP) is 2.51. The SMILES string of the molecule is CC(C)NCc1cn(CCOc2ccccc2Cl)nn1. The minimum atomic E-state index is 0.434. The van der Waals surface area contributed by atoms with Crippen LogP contribution in [0.5, 0.6) is 5.75 Å². The summed E-state index contributed by atoms with van der Waals surface area (Å²) >= 11 is 6.01. The first kappa shape index (κ1) is 14.8. The molecule has 5 nitrogen and oxygen atoms in total. The third-order valence-electron chi connectivity index (χ3n) is 2.69. The van der Waals surface area contributed by atoms with E-state index in [1.807, 2.05) is 30.5 Å². The second kappa shape index (κ2) is 7.26. The highest BCUT2D eigenvalue weighted by Gasteiger charge is 2.03. The lowest BCUT2D eigenvalue weighted by Gasteiger charge is -2.07. The average Bonchev–Trinajstić information content (AvgIpc) is 2.87. The fourth-order valence-electron chi connectivity index (χ4n) is 1.65. The van der Waals surface area contributed by atoms with E-state index in [1.165, 1.54) is 0 Å². The van der Waals surface area contributed by atoms with Crippen molar-refractivity contribution >= 4 is 11.6 Å². The van der Waals surface area contributed by atoms with Crippen molar-refractivity contribution in [3.63, 3.8) is 0 Å². The summed E-state index contributed by atoms with van der Waals surface area (Å²) in [5.74, 6) is 0.691. The van der Waals surface area contributed by atoms with Gasteiger partial charge in [0.25, 0.3) is 0 Å². The number of hydrogen-bond acceptors (Lipinski definition) is 4. The van der Waals surface area contributed by atoms with Crippen LogP contribution >= 0.6 is 11.6 Å². The van der Waals surface area contributed by atoms with Crippen LogP contribution in [0.4, 0.5) is 0 Å². The van der Waals surface area contributed by atoms with Crippen molar-refractivity contribution < 1.29 is 4.74 Å². The highest BCUT2D eigenvalue weighted by atomic mass is 35.5. The zero-order valence-corrected chi connectivity index (χ0v) is 12.5. The van der Waals surface area contributed by atoms with Gasteiger partial charge in [0, 0.05) is 18.8 Å². The summed E-state index contributed by atoms with van der Waals surface area (Å²) < 4.78 is 7.38. The second-order valence-corrected chi connectivity index (χ2v) is 5.19. The zero-order valence-electron chi connectivity index (χ0n) is 11.7. The molecular weight excluding hydrogens is 276 g/mol. The third-order valence-corrected chi connectivity index (χ3v) is 3.00. The largest absolute Gasteiger partial charge is 0.490 e. The number of benzene rings is 1. The van der Waals surface area contributed by atoms with Gasteiger partial charge in [-0.25, -0.2) is 4.68 Å². The molecule has 0 radical (unpaired) electrons. The Morgan fingerprint density at radius 3 is 2.90 bits per heavy atom. The molecule has 6 heteroatoms. The van der Waals surface area contributed by atoms with Crippen LogP contribution in [-0.4, -0.2) is 27.6 Å². The van der Waals surface area contributed by atoms with E-state index in [2.05, 4.69) is 29.5 Å². The molecule has 0 unspecified atom stereocenters. The topological polar surface area (TPSA) is 52.0 Å². The van der Waals surface area contributed by atoms with E-state index < -0.39 is 0 Å². The summed E-state index contributed by atoms with van der Waals surface area (Å²) in [7, 11) is 0. The fourth-order valence-corrected chi connectivity index (χ4v) is 1.84. The number of nitrogens with one attached hydrogen (secondary N) is 1. The van der Waals surface area contributed by atoms with Gasteiger partial charge in [0.15, 0.2) is 0 Å². The Morgan fingerprint density at radius 1 is 1.35 bits per heavy atom. The van der Waals surface area contributed by atoms with E-state index in [9.17, 15) is 0 Å². The van der Waals surface area contributed by atoms with Gasteiger partial charge in [0.1, 0.15) is 12.4 Å². The van der Waals surface area contributed by atoms with Gasteiger partial charge >= 0.3 is 0 Å². The highest BCUT2D eigenvalue weighted by molar-refractivity contribution is 6.32. The van der Waals surface area contributed by atoms with Crippen LogP contribution in [0, 0.1) is 0 Å². The highest BCUT2D eigenvalue weighted by Crippen LogP contribution is 2.22. The second-order valence-electron chi connectivity index (χ2n) is 4.79. The summed E-state index contributed by atoms with van der Waals surface area (Å²) in [6, 6.07) is 7.86. The molecule has 1 aromatic carbocycles. The van der Waals surface area contributed by atoms with Crippen molar-refractivity contribution in [2.75, 3.05) is 6.61 Å². The molecular formula is C14H19ClN4O. The van der Waals surface area contributed by atoms with Gasteiger partial charge in [-0.2, -0.15) is 0 Å². The Balaban J connectivity index is 1.78. The van der Waals surface area contributed by atoms with Crippen molar-refractivity contribution in [2.24, 2.45) is 0 Å². The van der Waals surface area contributed by atoms with Gasteiger partial charge in [-0.05, 0) is 12.1 Å². The summed E-state index contributed by atoms with van der Waals surface area (Å²) in [6.45, 7) is 6.07. The monoisotopic (exact) mass is 294 g/mol. The van der Waals surface area contributed by atoms with Gasteiger partial charge in [-0.15, -0.1) is 5.10 Å². The molecule has 0 atom stereocenters. The minimum absolute atomic E-state index is 0.434. The molecule has 0 aliphatic rings. The number of halogens is 1. The van der Waals surface area contributed by atoms with Crippen molar-refractivity contribution in [3.8, 4) is 5.75 Å². The van der Waals surface area contributed by atoms with Crippen LogP contribution in [0.1, 0.15) is 19.5 Å². The Kier molecular flexibility index (Phi) is 5.38. The number of hydrogen-bond donors (Lipinski definition) is 1. The maximum atomic E-state index is 6.01. The summed E-state index contributed by atoms with van der Waals surface area (Å²) in [4.78, 5) is 0. The molecule has 1 aromatic heterocycles. The van der Waals surface area contributed by atoms with Crippen LogP contribution in [0.3, 0.4) is 0 Å². The van der Waals surface area contributed by atoms with E-state index in [0.29, 0.717) is 30.0 Å². The van der Waals surface area contributed by atoms with E-state index in [0.717, 1.165) is 12.2 Å². The molecule has 0 aliphatic carbocycles. The molecule has 0 aliphatic heterocycles. The molecule has 2 rings (SSSR count). The van der Waals surface area contributed by atoms with Gasteiger partial charge < -0.3 is 10.1 Å². The minimum Gasteiger partial charge on any atom is -0.490 e. The smallest absolute Gasteiger partial charge is 0.137 e. The van der Waals surface area contributed by atoms with E-state index in [4.69, 9.17) is 16.3 Å². The molecule has 108 valence electrons. The summed E-state index contributed by atoms with van der Waals surface area (Å²) in [5.41, 5.74) is 0.927. The van der Waals surface area contributed by atoms with Gasteiger partial charge in [0.05, 0.1) is 17.3 Å². The lowest BCUT2D eigenvalue weighted by Crippen LogP contribution is -2.21. The molecule has 1 N–H and O–H groups in total. The Bertz CT molecular complexity index is 541. The van der Waals surface area contributed by atoms with Crippen LogP contribution in [0.2, 0.25) is 5.02 Å². The first-order chi connectivity index (χ1) is 9.65. The Hall–Kier alpha value is -1.59. The quantitative estimate of drug-likeness (QED) is 0.852. The standard InChI is InChI=1S/C14H19ClN4O/c1-11(2)16-9-12-10-19(18-17-12)7-8-20-14-6-4-3-5-13(14)15/h3-6,10-11,16H,7-9H2,1-2H3. The van der Waals surface area contributed by atoms with Crippen molar-refractivity contribution in [3.05, 3.63) is 41.2 Å². The predicted molar refractivity (Wildman–Crippen MR) is 78.9 cm³/mol. The molecule has 20 heavy (non-hydrogen) atoms. The normalized spacial score (nSPS) is 11.0. The van der Waals surface area contributed by atoms with Gasteiger partial charge in [-0.3, -0.25) is 0 Å². The van der Waals surface area contributed by atoms with Crippen LogP contribution < -0.4 is 10.1 Å². The van der Waals surface area contributed by atoms with Crippen LogP contribution in [0.25, 0.3) is 0 Å². The maximum absolute atomic E-state index is 6.01. The van der Waals surface area contributed by atoms with Crippen LogP contribution in [-0.2, 0) is 13.1 Å². The molecule has 0 spiro atoms. The van der Waals surface area contributed by atoms with Crippen molar-refractivity contribution in [1.29, 1.82) is 0 Å². The average molecular weight is 295 g/mol. The Morgan fingerprint density at radius 2 is 2.15 bits per heavy atom. The van der Waals surface area contributed by atoms with Crippen LogP contribution in [0.15, 0.2) is 30.5 Å². The third kappa shape index (κ3) is 4.51. The number of aromatic nitrogens is 3. The fraction of sp³-hybridized carbons (Fsp3) is 0.429. The van der Waals surface area contributed by atoms with Gasteiger partial charge in [-0.1, -0.05) is 42.8 Å². The van der Waals surface area contributed by atoms with E-state index in [-0.39, 0.29) is 0 Å². The molecule has 0 saturated carbocycles. The van der Waals surface area contributed by atoms with E-state index in [1.54, 1.807) is 4.68 Å². The molecule has 1 heterocycles. The zero-order chi connectivity index (χ0) is 14.4. The number of rotatable bonds is 7. The maximum Gasteiger partial charge on any atom is 0.137 e. The molecule has 0 bridgehead atoms. The lowest BCUT2D eigenvalue weighted by atomic mass is 10.3. The number of nitrogens with zero attached hydrogens (tertiary/aromatic N) is 3. The lowest BCUT2D eigenvalue weighted by molar-refractivity contribution is 0.290.